The summed E-state index contributed by atoms with van der Waals surface area (Å²) in [6.07, 6.45) is 4.51. The number of aromatic nitrogens is 1. The van der Waals surface area contributed by atoms with Gasteiger partial charge in [-0.25, -0.2) is 4.39 Å². The van der Waals surface area contributed by atoms with Crippen LogP contribution in [0.4, 0.5) is 10.1 Å². The van der Waals surface area contributed by atoms with Gasteiger partial charge in [-0.3, -0.25) is 4.79 Å². The molecule has 2 aromatic carbocycles. The zero-order chi connectivity index (χ0) is 16.7. The van der Waals surface area contributed by atoms with Crippen LogP contribution in [0.3, 0.4) is 0 Å². The molecule has 1 aliphatic rings. The van der Waals surface area contributed by atoms with E-state index in [1.54, 1.807) is 18.2 Å². The molecule has 0 bridgehead atoms. The Kier molecular flexibility index (Phi) is 3.60. The molecule has 3 nitrogen and oxygen atoms in total. The Hall–Kier alpha value is -2.62. The predicted octanol–water partition coefficient (Wildman–Crippen LogP) is 4.75. The van der Waals surface area contributed by atoms with Crippen LogP contribution in [0.5, 0.6) is 0 Å². The highest BCUT2D eigenvalue weighted by Crippen LogP contribution is 2.30. The van der Waals surface area contributed by atoms with Crippen LogP contribution in [-0.2, 0) is 12.8 Å². The third-order valence-electron chi connectivity index (χ3n) is 4.73. The van der Waals surface area contributed by atoms with Crippen LogP contribution in [0.2, 0.25) is 0 Å². The zero-order valence-corrected chi connectivity index (χ0v) is 13.6. The van der Waals surface area contributed by atoms with Crippen molar-refractivity contribution < 1.29 is 9.18 Å². The van der Waals surface area contributed by atoms with E-state index in [9.17, 15) is 9.18 Å². The van der Waals surface area contributed by atoms with E-state index in [0.717, 1.165) is 29.3 Å². The minimum absolute atomic E-state index is 0.210. The fourth-order valence-electron chi connectivity index (χ4n) is 3.46. The van der Waals surface area contributed by atoms with Gasteiger partial charge in [-0.2, -0.15) is 0 Å². The van der Waals surface area contributed by atoms with Crippen molar-refractivity contribution in [3.05, 3.63) is 64.6 Å². The number of carbonyl (C=O) groups is 1. The first kappa shape index (κ1) is 14.9. The number of H-pyrrole nitrogens is 1. The summed E-state index contributed by atoms with van der Waals surface area (Å²) in [6.45, 7) is 1.82. The molecule has 1 aromatic heterocycles. The Morgan fingerprint density at radius 1 is 1.12 bits per heavy atom. The van der Waals surface area contributed by atoms with Gasteiger partial charge in [-0.15, -0.1) is 0 Å². The van der Waals surface area contributed by atoms with Crippen molar-refractivity contribution in [2.45, 2.75) is 32.6 Å². The van der Waals surface area contributed by atoms with Gasteiger partial charge in [0, 0.05) is 22.2 Å². The lowest BCUT2D eigenvalue weighted by Gasteiger charge is -2.11. The lowest BCUT2D eigenvalue weighted by Crippen LogP contribution is -2.13. The van der Waals surface area contributed by atoms with Crippen molar-refractivity contribution in [2.24, 2.45) is 0 Å². The normalized spacial score (nSPS) is 13.8. The fourth-order valence-corrected chi connectivity index (χ4v) is 3.46. The second-order valence-corrected chi connectivity index (χ2v) is 6.49. The van der Waals surface area contributed by atoms with Crippen LogP contribution in [0.1, 0.15) is 40.0 Å². The number of aromatic amines is 1. The first-order valence-electron chi connectivity index (χ1n) is 8.33. The summed E-state index contributed by atoms with van der Waals surface area (Å²) < 4.78 is 13.9. The number of hydrogen-bond acceptors (Lipinski definition) is 1. The standard InChI is InChI=1S/C20H19FN2O/c1-12-6-8-19(16(21)10-12)23-20(24)13-7-9-18-15(11-13)14-4-2-3-5-17(14)22-18/h6-11,22H,2-5H2,1H3,(H,23,24). The van der Waals surface area contributed by atoms with Gasteiger partial charge < -0.3 is 10.3 Å². The maximum Gasteiger partial charge on any atom is 0.255 e. The van der Waals surface area contributed by atoms with Crippen molar-refractivity contribution in [2.75, 3.05) is 5.32 Å². The number of fused-ring (bicyclic) bond motifs is 3. The Morgan fingerprint density at radius 2 is 1.96 bits per heavy atom. The molecule has 1 aliphatic carbocycles. The summed E-state index contributed by atoms with van der Waals surface area (Å²) in [5.41, 5.74) is 5.27. The third kappa shape index (κ3) is 2.58. The maximum absolute atomic E-state index is 13.9. The van der Waals surface area contributed by atoms with Gasteiger partial charge in [0.15, 0.2) is 0 Å². The molecule has 4 rings (SSSR count). The second-order valence-electron chi connectivity index (χ2n) is 6.49. The molecule has 0 radical (unpaired) electrons. The van der Waals surface area contributed by atoms with Gasteiger partial charge in [-0.1, -0.05) is 6.07 Å². The van der Waals surface area contributed by atoms with Gasteiger partial charge in [-0.05, 0) is 74.1 Å². The highest BCUT2D eigenvalue weighted by atomic mass is 19.1. The van der Waals surface area contributed by atoms with Crippen molar-refractivity contribution in [1.29, 1.82) is 0 Å². The van der Waals surface area contributed by atoms with Crippen LogP contribution in [0.15, 0.2) is 36.4 Å². The fraction of sp³-hybridized carbons (Fsp3) is 0.250. The molecule has 0 fully saturated rings. The molecule has 1 amide bonds. The van der Waals surface area contributed by atoms with E-state index >= 15 is 0 Å². The number of anilines is 1. The van der Waals surface area contributed by atoms with Crippen molar-refractivity contribution in [3.8, 4) is 0 Å². The summed E-state index contributed by atoms with van der Waals surface area (Å²) in [6, 6.07) is 10.4. The smallest absolute Gasteiger partial charge is 0.255 e. The molecule has 24 heavy (non-hydrogen) atoms. The molecule has 4 heteroatoms. The first-order chi connectivity index (χ1) is 11.6. The number of benzene rings is 2. The number of aryl methyl sites for hydroxylation is 3. The lowest BCUT2D eigenvalue weighted by atomic mass is 9.95. The minimum Gasteiger partial charge on any atom is -0.358 e. The molecule has 0 atom stereocenters. The van der Waals surface area contributed by atoms with E-state index in [4.69, 9.17) is 0 Å². The number of nitrogens with one attached hydrogen (secondary N) is 2. The van der Waals surface area contributed by atoms with E-state index in [1.807, 2.05) is 19.1 Å². The average molecular weight is 322 g/mol. The summed E-state index contributed by atoms with van der Waals surface area (Å²) >= 11 is 0. The molecule has 122 valence electrons. The van der Waals surface area contributed by atoms with E-state index in [1.165, 1.54) is 30.2 Å². The molecule has 0 saturated carbocycles. The lowest BCUT2D eigenvalue weighted by molar-refractivity contribution is 0.102. The van der Waals surface area contributed by atoms with E-state index in [2.05, 4.69) is 10.3 Å². The van der Waals surface area contributed by atoms with Gasteiger partial charge >= 0.3 is 0 Å². The molecule has 2 N–H and O–H groups in total. The largest absolute Gasteiger partial charge is 0.358 e. The number of amides is 1. The number of halogens is 1. The van der Waals surface area contributed by atoms with E-state index in [0.29, 0.717) is 5.56 Å². The zero-order valence-electron chi connectivity index (χ0n) is 13.6. The second kappa shape index (κ2) is 5.78. The molecule has 0 spiro atoms. The summed E-state index contributed by atoms with van der Waals surface area (Å²) in [7, 11) is 0. The molecular formula is C20H19FN2O. The van der Waals surface area contributed by atoms with Crippen LogP contribution < -0.4 is 5.32 Å². The predicted molar refractivity (Wildman–Crippen MR) is 94.0 cm³/mol. The van der Waals surface area contributed by atoms with Crippen LogP contribution in [-0.4, -0.2) is 10.9 Å². The molecule has 0 saturated heterocycles. The third-order valence-corrected chi connectivity index (χ3v) is 4.73. The minimum atomic E-state index is -0.413. The van der Waals surface area contributed by atoms with Crippen LogP contribution in [0.25, 0.3) is 10.9 Å². The summed E-state index contributed by atoms with van der Waals surface area (Å²) in [4.78, 5) is 16.0. The van der Waals surface area contributed by atoms with Crippen LogP contribution in [0, 0.1) is 12.7 Å². The molecule has 3 aromatic rings. The summed E-state index contributed by atoms with van der Waals surface area (Å²) in [5, 5.41) is 3.78. The Balaban J connectivity index is 1.67. The highest BCUT2D eigenvalue weighted by Gasteiger charge is 2.17. The quantitative estimate of drug-likeness (QED) is 0.703. The van der Waals surface area contributed by atoms with E-state index in [-0.39, 0.29) is 11.6 Å². The SMILES string of the molecule is Cc1ccc(NC(=O)c2ccc3[nH]c4c(c3c2)CCCC4)c(F)c1. The number of hydrogen-bond donors (Lipinski definition) is 2. The van der Waals surface area contributed by atoms with Gasteiger partial charge in [0.25, 0.3) is 5.91 Å². The monoisotopic (exact) mass is 322 g/mol. The number of rotatable bonds is 2. The van der Waals surface area contributed by atoms with Crippen molar-refractivity contribution >= 4 is 22.5 Å². The topological polar surface area (TPSA) is 44.9 Å². The molecule has 0 aliphatic heterocycles. The highest BCUT2D eigenvalue weighted by molar-refractivity contribution is 6.06. The summed E-state index contributed by atoms with van der Waals surface area (Å²) in [5.74, 6) is -0.700. The average Bonchev–Trinajstić information content (AvgIpc) is 2.95. The maximum atomic E-state index is 13.9. The number of carbonyl (C=O) groups excluding carboxylic acids is 1. The van der Waals surface area contributed by atoms with Gasteiger partial charge in [0.2, 0.25) is 0 Å². The Morgan fingerprint density at radius 3 is 2.79 bits per heavy atom. The van der Waals surface area contributed by atoms with E-state index < -0.39 is 5.82 Å². The molecule has 0 unspecified atom stereocenters. The van der Waals surface area contributed by atoms with Crippen LogP contribution >= 0.6 is 0 Å². The van der Waals surface area contributed by atoms with Crippen molar-refractivity contribution in [3.63, 3.8) is 0 Å². The first-order valence-corrected chi connectivity index (χ1v) is 8.33. The van der Waals surface area contributed by atoms with Gasteiger partial charge in [0.05, 0.1) is 5.69 Å². The van der Waals surface area contributed by atoms with Gasteiger partial charge in [0.1, 0.15) is 5.82 Å². The van der Waals surface area contributed by atoms with Crippen molar-refractivity contribution in [1.82, 2.24) is 4.98 Å². The molecule has 1 heterocycles. The Labute approximate surface area is 139 Å². The Bertz CT molecular complexity index is 942. The molecular weight excluding hydrogens is 303 g/mol.